The molecule has 2 aromatic rings. The summed E-state index contributed by atoms with van der Waals surface area (Å²) in [4.78, 5) is 27.7. The SMILES string of the molecule is COc1ccc(C2/C(=C(\O)c3ccc(Br)cc3)C(=O)C(=O)N2CC2CCCO2)cc1OC. The van der Waals surface area contributed by atoms with Crippen molar-refractivity contribution in [1.29, 1.82) is 0 Å². The molecule has 7 nitrogen and oxygen atoms in total. The monoisotopic (exact) mass is 501 g/mol. The van der Waals surface area contributed by atoms with Gasteiger partial charge in [0.15, 0.2) is 11.5 Å². The van der Waals surface area contributed by atoms with Gasteiger partial charge in [-0.25, -0.2) is 0 Å². The summed E-state index contributed by atoms with van der Waals surface area (Å²) in [6.45, 7) is 0.898. The average Bonchev–Trinajstić information content (AvgIpc) is 3.41. The van der Waals surface area contributed by atoms with Gasteiger partial charge >= 0.3 is 0 Å². The molecule has 1 N–H and O–H groups in total. The average molecular weight is 502 g/mol. The van der Waals surface area contributed by atoms with Crippen molar-refractivity contribution >= 4 is 33.4 Å². The molecule has 0 aromatic heterocycles. The third-order valence-corrected chi connectivity index (χ3v) is 6.33. The number of carbonyl (C=O) groups excluding carboxylic acids is 2. The molecule has 2 saturated heterocycles. The van der Waals surface area contributed by atoms with Gasteiger partial charge in [-0.05, 0) is 42.7 Å². The number of aliphatic hydroxyl groups is 1. The number of halogens is 1. The fraction of sp³-hybridized carbons (Fsp3) is 0.333. The highest BCUT2D eigenvalue weighted by molar-refractivity contribution is 9.10. The number of benzene rings is 2. The first kappa shape index (κ1) is 22.4. The molecule has 2 fully saturated rings. The Morgan fingerprint density at radius 1 is 1.12 bits per heavy atom. The summed E-state index contributed by atoms with van der Waals surface area (Å²) in [6.07, 6.45) is 1.58. The van der Waals surface area contributed by atoms with Gasteiger partial charge in [0.1, 0.15) is 5.76 Å². The van der Waals surface area contributed by atoms with Gasteiger partial charge < -0.3 is 24.2 Å². The molecule has 0 aliphatic carbocycles. The van der Waals surface area contributed by atoms with Crippen molar-refractivity contribution in [2.45, 2.75) is 25.0 Å². The molecular formula is C24H24BrNO6. The number of rotatable bonds is 6. The van der Waals surface area contributed by atoms with Crippen LogP contribution in [0.2, 0.25) is 0 Å². The van der Waals surface area contributed by atoms with Gasteiger partial charge in [0.25, 0.3) is 11.7 Å². The lowest BCUT2D eigenvalue weighted by Crippen LogP contribution is -2.36. The third-order valence-electron chi connectivity index (χ3n) is 5.81. The number of methoxy groups -OCH3 is 2. The number of Topliss-reactive ketones (excluding diaryl/α,β-unsaturated/α-hetero) is 1. The third kappa shape index (κ3) is 4.12. The zero-order chi connectivity index (χ0) is 22.8. The van der Waals surface area contributed by atoms with E-state index in [0.717, 1.165) is 17.3 Å². The van der Waals surface area contributed by atoms with Crippen LogP contribution in [0.3, 0.4) is 0 Å². The van der Waals surface area contributed by atoms with Crippen LogP contribution in [0.4, 0.5) is 0 Å². The number of hydrogen-bond acceptors (Lipinski definition) is 6. The predicted octanol–water partition coefficient (Wildman–Crippen LogP) is 4.07. The zero-order valence-electron chi connectivity index (χ0n) is 17.8. The van der Waals surface area contributed by atoms with Crippen molar-refractivity contribution in [2.75, 3.05) is 27.4 Å². The maximum absolute atomic E-state index is 13.1. The van der Waals surface area contributed by atoms with Gasteiger partial charge in [0.05, 0.1) is 31.9 Å². The Hall–Kier alpha value is -2.84. The molecular weight excluding hydrogens is 478 g/mol. The second-order valence-corrected chi connectivity index (χ2v) is 8.62. The van der Waals surface area contributed by atoms with Gasteiger partial charge in [0.2, 0.25) is 0 Å². The Labute approximate surface area is 194 Å². The van der Waals surface area contributed by atoms with E-state index in [-0.39, 0.29) is 24.0 Å². The van der Waals surface area contributed by atoms with E-state index >= 15 is 0 Å². The molecule has 0 radical (unpaired) electrons. The van der Waals surface area contributed by atoms with Gasteiger partial charge in [0, 0.05) is 23.2 Å². The number of likely N-dealkylation sites (tertiary alicyclic amines) is 1. The molecule has 2 unspecified atom stereocenters. The van der Waals surface area contributed by atoms with Gasteiger partial charge in [-0.3, -0.25) is 9.59 Å². The van der Waals surface area contributed by atoms with Crippen LogP contribution >= 0.6 is 15.9 Å². The molecule has 0 spiro atoms. The normalized spacial score (nSPS) is 22.4. The van der Waals surface area contributed by atoms with E-state index in [2.05, 4.69) is 15.9 Å². The van der Waals surface area contributed by atoms with Crippen LogP contribution in [-0.2, 0) is 14.3 Å². The number of aliphatic hydroxyl groups excluding tert-OH is 1. The number of ketones is 1. The van der Waals surface area contributed by atoms with Crippen LogP contribution < -0.4 is 9.47 Å². The fourth-order valence-electron chi connectivity index (χ4n) is 4.21. The Balaban J connectivity index is 1.85. The maximum atomic E-state index is 13.1. The summed E-state index contributed by atoms with van der Waals surface area (Å²) in [5, 5.41) is 11.1. The van der Waals surface area contributed by atoms with E-state index < -0.39 is 17.7 Å². The number of carbonyl (C=O) groups is 2. The van der Waals surface area contributed by atoms with Crippen molar-refractivity contribution in [3.63, 3.8) is 0 Å². The van der Waals surface area contributed by atoms with Crippen LogP contribution in [0.1, 0.15) is 30.0 Å². The first-order valence-corrected chi connectivity index (χ1v) is 11.1. The molecule has 8 heteroatoms. The lowest BCUT2D eigenvalue weighted by molar-refractivity contribution is -0.140. The standard InChI is InChI=1S/C24H24BrNO6/c1-30-18-10-7-15(12-19(18)31-2)21-20(22(27)14-5-8-16(25)9-6-14)23(28)24(29)26(21)13-17-4-3-11-32-17/h5-10,12,17,21,27H,3-4,11,13H2,1-2H3/b22-20+. The molecule has 168 valence electrons. The lowest BCUT2D eigenvalue weighted by atomic mass is 9.95. The molecule has 2 aliphatic rings. The fourth-order valence-corrected chi connectivity index (χ4v) is 4.47. The van der Waals surface area contributed by atoms with Gasteiger partial charge in [-0.1, -0.05) is 34.1 Å². The topological polar surface area (TPSA) is 85.3 Å². The van der Waals surface area contributed by atoms with E-state index in [4.69, 9.17) is 14.2 Å². The highest BCUT2D eigenvalue weighted by atomic mass is 79.9. The van der Waals surface area contributed by atoms with Crippen molar-refractivity contribution in [1.82, 2.24) is 4.90 Å². The van der Waals surface area contributed by atoms with Gasteiger partial charge in [-0.15, -0.1) is 0 Å². The van der Waals surface area contributed by atoms with Crippen molar-refractivity contribution < 1.29 is 28.9 Å². The first-order valence-electron chi connectivity index (χ1n) is 10.3. The van der Waals surface area contributed by atoms with E-state index in [9.17, 15) is 14.7 Å². The predicted molar refractivity (Wildman–Crippen MR) is 122 cm³/mol. The minimum atomic E-state index is -0.775. The lowest BCUT2D eigenvalue weighted by Gasteiger charge is -2.28. The molecule has 2 aromatic carbocycles. The first-order chi connectivity index (χ1) is 15.4. The Bertz CT molecular complexity index is 1060. The van der Waals surface area contributed by atoms with Crippen LogP contribution in [0.5, 0.6) is 11.5 Å². The smallest absolute Gasteiger partial charge is 0.295 e. The quantitative estimate of drug-likeness (QED) is 0.364. The Morgan fingerprint density at radius 2 is 1.84 bits per heavy atom. The number of hydrogen-bond donors (Lipinski definition) is 1. The summed E-state index contributed by atoms with van der Waals surface area (Å²) in [5.41, 5.74) is 1.13. The molecule has 2 aliphatic heterocycles. The summed E-state index contributed by atoms with van der Waals surface area (Å²) in [7, 11) is 3.06. The van der Waals surface area contributed by atoms with Crippen molar-refractivity contribution in [3.8, 4) is 11.5 Å². The van der Waals surface area contributed by atoms with Crippen LogP contribution in [0.25, 0.3) is 5.76 Å². The highest BCUT2D eigenvalue weighted by Gasteiger charge is 2.47. The van der Waals surface area contributed by atoms with E-state index in [1.165, 1.54) is 19.1 Å². The summed E-state index contributed by atoms with van der Waals surface area (Å²) >= 11 is 3.37. The van der Waals surface area contributed by atoms with E-state index in [1.54, 1.807) is 42.5 Å². The second-order valence-electron chi connectivity index (χ2n) is 7.71. The summed E-state index contributed by atoms with van der Waals surface area (Å²) < 4.78 is 17.3. The zero-order valence-corrected chi connectivity index (χ0v) is 19.4. The minimum absolute atomic E-state index is 0.0440. The molecule has 0 saturated carbocycles. The summed E-state index contributed by atoms with van der Waals surface area (Å²) in [5.74, 6) is -0.593. The number of amides is 1. The number of nitrogens with zero attached hydrogens (tertiary/aromatic N) is 1. The minimum Gasteiger partial charge on any atom is -0.507 e. The van der Waals surface area contributed by atoms with Crippen molar-refractivity contribution in [3.05, 3.63) is 63.6 Å². The Morgan fingerprint density at radius 3 is 2.47 bits per heavy atom. The van der Waals surface area contributed by atoms with Crippen LogP contribution in [0.15, 0.2) is 52.5 Å². The highest BCUT2D eigenvalue weighted by Crippen LogP contribution is 2.42. The molecule has 0 bridgehead atoms. The molecule has 4 rings (SSSR count). The van der Waals surface area contributed by atoms with Gasteiger partial charge in [-0.2, -0.15) is 0 Å². The Kier molecular flexibility index (Phi) is 6.53. The largest absolute Gasteiger partial charge is 0.507 e. The van der Waals surface area contributed by atoms with E-state index in [0.29, 0.717) is 29.2 Å². The molecule has 2 atom stereocenters. The molecule has 1 amide bonds. The second kappa shape index (κ2) is 9.34. The van der Waals surface area contributed by atoms with E-state index in [1.807, 2.05) is 0 Å². The number of ether oxygens (including phenoxy) is 3. The van der Waals surface area contributed by atoms with Crippen LogP contribution in [-0.4, -0.2) is 55.2 Å². The van der Waals surface area contributed by atoms with Crippen molar-refractivity contribution in [2.24, 2.45) is 0 Å². The summed E-state index contributed by atoms with van der Waals surface area (Å²) in [6, 6.07) is 11.4. The molecule has 32 heavy (non-hydrogen) atoms. The molecule has 2 heterocycles. The van der Waals surface area contributed by atoms with Crippen LogP contribution in [0, 0.1) is 0 Å². The maximum Gasteiger partial charge on any atom is 0.295 e.